The molecule has 152 valence electrons. The smallest absolute Gasteiger partial charge is 0.387 e. The molecule has 0 aliphatic carbocycles. The number of nitrogens with one attached hydrogen (secondary N) is 1. The van der Waals surface area contributed by atoms with Gasteiger partial charge in [0.05, 0.1) is 19.2 Å². The Morgan fingerprint density at radius 3 is 2.61 bits per heavy atom. The van der Waals surface area contributed by atoms with E-state index in [0.29, 0.717) is 25.4 Å². The number of alkyl halides is 2. The lowest BCUT2D eigenvalue weighted by Crippen LogP contribution is -2.36. The van der Waals surface area contributed by atoms with Crippen molar-refractivity contribution in [3.8, 4) is 11.5 Å². The summed E-state index contributed by atoms with van der Waals surface area (Å²) in [7, 11) is 1.93. The van der Waals surface area contributed by atoms with E-state index in [4.69, 9.17) is 4.74 Å². The fourth-order valence-corrected chi connectivity index (χ4v) is 2.99. The van der Waals surface area contributed by atoms with Gasteiger partial charge in [0.15, 0.2) is 17.5 Å². The van der Waals surface area contributed by atoms with Crippen LogP contribution in [0.25, 0.3) is 0 Å². The topological polar surface area (TPSA) is 46.1 Å². The highest BCUT2D eigenvalue weighted by molar-refractivity contribution is 14.0. The van der Waals surface area contributed by atoms with Crippen molar-refractivity contribution < 1.29 is 18.3 Å². The Bertz CT molecular complexity index is 790. The quantitative estimate of drug-likeness (QED) is 0.568. The summed E-state index contributed by atoms with van der Waals surface area (Å²) in [4.78, 5) is 6.57. The van der Waals surface area contributed by atoms with Gasteiger partial charge in [-0.2, -0.15) is 8.78 Å². The summed E-state index contributed by atoms with van der Waals surface area (Å²) in [6.07, 6.45) is 0. The maximum absolute atomic E-state index is 12.5. The minimum atomic E-state index is -2.88. The van der Waals surface area contributed by atoms with E-state index in [0.717, 1.165) is 11.5 Å². The molecule has 0 fully saturated rings. The minimum absolute atomic E-state index is 0. The van der Waals surface area contributed by atoms with Gasteiger partial charge in [-0.1, -0.05) is 36.4 Å². The Balaban J connectivity index is 0.00000280. The molecule has 1 aliphatic rings. The third-order valence-corrected chi connectivity index (χ3v) is 4.23. The molecule has 0 aromatic heterocycles. The van der Waals surface area contributed by atoms with Gasteiger partial charge in [-0.3, -0.25) is 4.99 Å². The lowest BCUT2D eigenvalue weighted by Gasteiger charge is -2.22. The van der Waals surface area contributed by atoms with Crippen LogP contribution in [0.4, 0.5) is 8.78 Å². The molecule has 0 bridgehead atoms. The molecule has 0 saturated carbocycles. The van der Waals surface area contributed by atoms with Crippen molar-refractivity contribution in [2.24, 2.45) is 4.99 Å². The van der Waals surface area contributed by atoms with E-state index in [1.54, 1.807) is 19.1 Å². The zero-order valence-corrected chi connectivity index (χ0v) is 18.1. The number of hydrogen-bond donors (Lipinski definition) is 1. The molecule has 0 radical (unpaired) electrons. The van der Waals surface area contributed by atoms with Crippen LogP contribution in [0.3, 0.4) is 0 Å². The van der Waals surface area contributed by atoms with Gasteiger partial charge < -0.3 is 19.7 Å². The maximum atomic E-state index is 12.5. The molecule has 8 heteroatoms. The largest absolute Gasteiger partial charge is 0.490 e. The average Bonchev–Trinajstić information content (AvgIpc) is 3.15. The van der Waals surface area contributed by atoms with Crippen molar-refractivity contribution >= 4 is 29.9 Å². The van der Waals surface area contributed by atoms with Gasteiger partial charge in [0.2, 0.25) is 0 Å². The predicted molar refractivity (Wildman–Crippen MR) is 116 cm³/mol. The molecule has 3 rings (SSSR count). The highest BCUT2D eigenvalue weighted by Gasteiger charge is 2.21. The van der Waals surface area contributed by atoms with Crippen molar-refractivity contribution in [1.29, 1.82) is 0 Å². The Labute approximate surface area is 180 Å². The maximum Gasteiger partial charge on any atom is 0.387 e. The first kappa shape index (κ1) is 22.2. The van der Waals surface area contributed by atoms with Gasteiger partial charge in [0.1, 0.15) is 0 Å². The van der Waals surface area contributed by atoms with E-state index in [-0.39, 0.29) is 35.8 Å². The van der Waals surface area contributed by atoms with E-state index in [2.05, 4.69) is 27.2 Å². The molecule has 1 heterocycles. The second-order valence-electron chi connectivity index (χ2n) is 6.22. The van der Waals surface area contributed by atoms with Gasteiger partial charge in [-0.05, 0) is 30.2 Å². The summed E-state index contributed by atoms with van der Waals surface area (Å²) in [5, 5.41) is 3.43. The van der Waals surface area contributed by atoms with Crippen LogP contribution in [0, 0.1) is 0 Å². The standard InChI is InChI=1S/C20H23F2N3O2.HI/c1-3-26-18-11-14(9-10-17(18)27-19(21)22)13-25(2)20-23-12-16(24-20)15-7-5-4-6-8-15;/h4-11,16,19H,3,12-13H2,1-2H3,(H,23,24);1H. The van der Waals surface area contributed by atoms with E-state index in [1.807, 2.05) is 30.1 Å². The number of hydrogen-bond acceptors (Lipinski definition) is 5. The minimum Gasteiger partial charge on any atom is -0.490 e. The lowest BCUT2D eigenvalue weighted by atomic mass is 10.1. The van der Waals surface area contributed by atoms with Crippen LogP contribution in [-0.2, 0) is 6.54 Å². The highest BCUT2D eigenvalue weighted by atomic mass is 127. The molecule has 0 spiro atoms. The van der Waals surface area contributed by atoms with Gasteiger partial charge in [-0.15, -0.1) is 24.0 Å². The summed E-state index contributed by atoms with van der Waals surface area (Å²) in [5.74, 6) is 1.15. The fourth-order valence-electron chi connectivity index (χ4n) is 2.99. The van der Waals surface area contributed by atoms with Crippen molar-refractivity contribution in [2.45, 2.75) is 26.1 Å². The SMILES string of the molecule is CCOc1cc(CN(C)C2=NCC(c3ccccc3)N2)ccc1OC(F)F.I. The Hall–Kier alpha value is -2.10. The zero-order valence-electron chi connectivity index (χ0n) is 15.8. The second kappa shape index (κ2) is 10.4. The summed E-state index contributed by atoms with van der Waals surface area (Å²) in [6.45, 7) is 0.513. The van der Waals surface area contributed by atoms with Gasteiger partial charge in [-0.25, -0.2) is 0 Å². The molecular weight excluding hydrogens is 479 g/mol. The van der Waals surface area contributed by atoms with E-state index < -0.39 is 6.61 Å². The van der Waals surface area contributed by atoms with Crippen LogP contribution in [0.2, 0.25) is 0 Å². The second-order valence-corrected chi connectivity index (χ2v) is 6.22. The monoisotopic (exact) mass is 503 g/mol. The fraction of sp³-hybridized carbons (Fsp3) is 0.350. The number of nitrogens with zero attached hydrogens (tertiary/aromatic N) is 2. The third kappa shape index (κ3) is 5.70. The summed E-state index contributed by atoms with van der Waals surface area (Å²) in [6, 6.07) is 15.3. The number of ether oxygens (including phenoxy) is 2. The van der Waals surface area contributed by atoms with Crippen LogP contribution in [0.5, 0.6) is 11.5 Å². The summed E-state index contributed by atoms with van der Waals surface area (Å²) in [5.41, 5.74) is 2.10. The Morgan fingerprint density at radius 2 is 1.93 bits per heavy atom. The molecule has 0 saturated heterocycles. The molecule has 1 atom stereocenters. The van der Waals surface area contributed by atoms with Gasteiger partial charge in [0.25, 0.3) is 0 Å². The molecule has 1 N–H and O–H groups in total. The molecule has 2 aromatic carbocycles. The highest BCUT2D eigenvalue weighted by Crippen LogP contribution is 2.30. The van der Waals surface area contributed by atoms with Gasteiger partial charge in [0, 0.05) is 13.6 Å². The number of guanidine groups is 1. The van der Waals surface area contributed by atoms with Crippen LogP contribution < -0.4 is 14.8 Å². The zero-order chi connectivity index (χ0) is 19.2. The van der Waals surface area contributed by atoms with Crippen molar-refractivity contribution in [3.63, 3.8) is 0 Å². The molecule has 1 aliphatic heterocycles. The lowest BCUT2D eigenvalue weighted by molar-refractivity contribution is -0.0514. The molecular formula is C20H24F2IN3O2. The van der Waals surface area contributed by atoms with Gasteiger partial charge >= 0.3 is 6.61 Å². The van der Waals surface area contributed by atoms with E-state index in [9.17, 15) is 8.78 Å². The average molecular weight is 503 g/mol. The van der Waals surface area contributed by atoms with Crippen LogP contribution >= 0.6 is 24.0 Å². The number of rotatable bonds is 7. The van der Waals surface area contributed by atoms with Crippen molar-refractivity contribution in [3.05, 3.63) is 59.7 Å². The Kier molecular flexibility index (Phi) is 8.28. The summed E-state index contributed by atoms with van der Waals surface area (Å²) < 4.78 is 35.0. The first-order valence-corrected chi connectivity index (χ1v) is 8.84. The number of halogens is 3. The van der Waals surface area contributed by atoms with Crippen molar-refractivity contribution in [1.82, 2.24) is 10.2 Å². The third-order valence-electron chi connectivity index (χ3n) is 4.23. The molecule has 1 unspecified atom stereocenters. The molecule has 28 heavy (non-hydrogen) atoms. The van der Waals surface area contributed by atoms with Crippen LogP contribution in [0.1, 0.15) is 24.1 Å². The normalized spacial score (nSPS) is 15.5. The van der Waals surface area contributed by atoms with Crippen LogP contribution in [0.15, 0.2) is 53.5 Å². The van der Waals surface area contributed by atoms with E-state index >= 15 is 0 Å². The first-order valence-electron chi connectivity index (χ1n) is 8.84. The van der Waals surface area contributed by atoms with Crippen molar-refractivity contribution in [2.75, 3.05) is 20.2 Å². The molecule has 0 amide bonds. The Morgan fingerprint density at radius 1 is 1.18 bits per heavy atom. The summed E-state index contributed by atoms with van der Waals surface area (Å²) >= 11 is 0. The van der Waals surface area contributed by atoms with Crippen LogP contribution in [-0.4, -0.2) is 37.7 Å². The molecule has 5 nitrogen and oxygen atoms in total. The number of aliphatic imine (C=N–C) groups is 1. The predicted octanol–water partition coefficient (Wildman–Crippen LogP) is 4.44. The number of benzene rings is 2. The van der Waals surface area contributed by atoms with E-state index in [1.165, 1.54) is 11.6 Å². The molecule has 2 aromatic rings. The first-order chi connectivity index (χ1) is 13.1.